The zero-order chi connectivity index (χ0) is 12.2. The van der Waals surface area contributed by atoms with Gasteiger partial charge in [0.1, 0.15) is 5.75 Å². The van der Waals surface area contributed by atoms with E-state index in [-0.39, 0.29) is 31.0 Å². The van der Waals surface area contributed by atoms with Crippen LogP contribution in [-0.2, 0) is 4.57 Å². The molecule has 5 nitrogen and oxygen atoms in total. The van der Waals surface area contributed by atoms with Crippen LogP contribution in [0.2, 0.25) is 0 Å². The van der Waals surface area contributed by atoms with E-state index < -0.39 is 7.82 Å². The van der Waals surface area contributed by atoms with Gasteiger partial charge in [-0.25, -0.2) is 4.57 Å². The Bertz CT molecular complexity index is 517. The molecule has 0 aromatic heterocycles. The van der Waals surface area contributed by atoms with Crippen LogP contribution in [0.5, 0.6) is 5.75 Å². The first-order valence-electron chi connectivity index (χ1n) is 4.33. The molecule has 0 atom stereocenters. The first-order chi connectivity index (χ1) is 7.38. The van der Waals surface area contributed by atoms with Crippen molar-refractivity contribution in [2.45, 2.75) is 0 Å². The zero-order valence-corrected chi connectivity index (χ0v) is 12.1. The van der Waals surface area contributed by atoms with Crippen LogP contribution >= 0.6 is 7.82 Å². The third-order valence-electron chi connectivity index (χ3n) is 1.77. The van der Waals surface area contributed by atoms with Gasteiger partial charge in [0.15, 0.2) is 0 Å². The van der Waals surface area contributed by atoms with Crippen LogP contribution in [0.15, 0.2) is 42.5 Å². The zero-order valence-electron chi connectivity index (χ0n) is 10.2. The Labute approximate surface area is 122 Å². The Morgan fingerprint density at radius 2 is 1.41 bits per heavy atom. The topological polar surface area (TPSA) is 98.0 Å². The van der Waals surface area contributed by atoms with Gasteiger partial charge < -0.3 is 21.2 Å². The average molecular weight is 266 g/mol. The van der Waals surface area contributed by atoms with Gasteiger partial charge in [-0.3, -0.25) is 0 Å². The molecule has 0 aliphatic rings. The third-order valence-corrected chi connectivity index (χ3v) is 1.77. The van der Waals surface area contributed by atoms with Gasteiger partial charge in [-0.1, -0.05) is 36.4 Å². The summed E-state index contributed by atoms with van der Waals surface area (Å²) in [6.07, 6.45) is 0. The molecule has 0 aliphatic carbocycles. The summed E-state index contributed by atoms with van der Waals surface area (Å²) in [7, 11) is -4.64. The predicted molar refractivity (Wildman–Crippen MR) is 61.0 cm³/mol. The van der Waals surface area contributed by atoms with Crippen molar-refractivity contribution in [1.29, 1.82) is 0 Å². The molecule has 0 spiro atoms. The molecule has 0 bridgehead atoms. The number of phenolic OH excluding ortho intramolecular Hbond substituents is 1. The summed E-state index contributed by atoms with van der Waals surface area (Å²) >= 11 is 0. The van der Waals surface area contributed by atoms with Gasteiger partial charge in [-0.2, -0.15) is 0 Å². The molecule has 0 fully saturated rings. The van der Waals surface area contributed by atoms with E-state index in [2.05, 4.69) is 0 Å². The van der Waals surface area contributed by atoms with Crippen LogP contribution in [0.3, 0.4) is 0 Å². The van der Waals surface area contributed by atoms with E-state index in [0.717, 1.165) is 10.8 Å². The Morgan fingerprint density at radius 1 is 0.941 bits per heavy atom. The molecule has 17 heavy (non-hydrogen) atoms. The quantitative estimate of drug-likeness (QED) is 0.352. The smallest absolute Gasteiger partial charge is 1.00 e. The maximum atomic E-state index is 9.37. The fraction of sp³-hybridized carbons (Fsp3) is 0. The molecule has 0 radical (unpaired) electrons. The van der Waals surface area contributed by atoms with Crippen molar-refractivity contribution in [2.75, 3.05) is 0 Å². The molecule has 0 amide bonds. The molecular formula is C10H12NaO5P. The Morgan fingerprint density at radius 3 is 1.94 bits per heavy atom. The third kappa shape index (κ3) is 6.81. The van der Waals surface area contributed by atoms with Gasteiger partial charge >= 0.3 is 37.4 Å². The maximum absolute atomic E-state index is 9.37. The monoisotopic (exact) mass is 266 g/mol. The number of rotatable bonds is 0. The molecule has 2 rings (SSSR count). The van der Waals surface area contributed by atoms with Crippen molar-refractivity contribution < 1.29 is 55.3 Å². The van der Waals surface area contributed by atoms with Gasteiger partial charge in [0.2, 0.25) is 0 Å². The number of phenols is 1. The van der Waals surface area contributed by atoms with E-state index in [9.17, 15) is 5.11 Å². The van der Waals surface area contributed by atoms with Crippen molar-refractivity contribution >= 4 is 18.6 Å². The van der Waals surface area contributed by atoms with Crippen LogP contribution in [0.4, 0.5) is 0 Å². The standard InChI is InChI=1S/C10H8O.Na.H3O4P.H/c11-10-7-3-5-8-4-1-2-6-9(8)10;;1-5(2,3)4;/h1-7,11H;;(H3,1,2,3,4);/q;+1;;-1. The predicted octanol–water partition coefficient (Wildman–Crippen LogP) is -1.27. The molecule has 88 valence electrons. The summed E-state index contributed by atoms with van der Waals surface area (Å²) < 4.78 is 8.88. The maximum Gasteiger partial charge on any atom is 1.00 e. The van der Waals surface area contributed by atoms with Crippen LogP contribution in [0.25, 0.3) is 10.8 Å². The summed E-state index contributed by atoms with van der Waals surface area (Å²) in [5, 5.41) is 11.4. The van der Waals surface area contributed by atoms with Gasteiger partial charge in [0.05, 0.1) is 0 Å². The van der Waals surface area contributed by atoms with Gasteiger partial charge in [-0.15, -0.1) is 0 Å². The number of hydrogen-bond donors (Lipinski definition) is 4. The molecule has 4 N–H and O–H groups in total. The van der Waals surface area contributed by atoms with E-state index in [0.29, 0.717) is 5.75 Å². The molecule has 2 aromatic carbocycles. The summed E-state index contributed by atoms with van der Waals surface area (Å²) in [6.45, 7) is 0. The van der Waals surface area contributed by atoms with Crippen molar-refractivity contribution in [3.8, 4) is 5.75 Å². The van der Waals surface area contributed by atoms with Gasteiger partial charge in [0.25, 0.3) is 0 Å². The molecule has 0 saturated carbocycles. The molecule has 2 aromatic rings. The Kier molecular flexibility index (Phi) is 6.97. The van der Waals surface area contributed by atoms with Gasteiger partial charge in [0, 0.05) is 5.39 Å². The van der Waals surface area contributed by atoms with Crippen LogP contribution < -0.4 is 29.6 Å². The summed E-state index contributed by atoms with van der Waals surface area (Å²) in [5.41, 5.74) is 0. The summed E-state index contributed by atoms with van der Waals surface area (Å²) in [6, 6.07) is 13.3. The van der Waals surface area contributed by atoms with Crippen LogP contribution in [0.1, 0.15) is 1.43 Å². The number of phosphoric acid groups is 1. The van der Waals surface area contributed by atoms with Gasteiger partial charge in [-0.05, 0) is 11.5 Å². The van der Waals surface area contributed by atoms with Crippen LogP contribution in [-0.4, -0.2) is 19.8 Å². The largest absolute Gasteiger partial charge is 1.00 e. The van der Waals surface area contributed by atoms with Crippen molar-refractivity contribution in [1.82, 2.24) is 0 Å². The second-order valence-electron chi connectivity index (χ2n) is 3.01. The van der Waals surface area contributed by atoms with Crippen LogP contribution in [0, 0.1) is 0 Å². The molecule has 0 heterocycles. The fourth-order valence-corrected chi connectivity index (χ4v) is 1.21. The van der Waals surface area contributed by atoms with E-state index >= 15 is 0 Å². The molecule has 0 unspecified atom stereocenters. The molecule has 0 aliphatic heterocycles. The number of hydrogen-bond acceptors (Lipinski definition) is 2. The first kappa shape index (κ1) is 16.6. The Balaban J connectivity index is 0. The van der Waals surface area contributed by atoms with Crippen molar-refractivity contribution in [3.05, 3.63) is 42.5 Å². The minimum Gasteiger partial charge on any atom is -1.00 e. The minimum atomic E-state index is -4.64. The SMILES string of the molecule is O=P(O)(O)O.Oc1cccc2ccccc12.[H-].[Na+]. The fourth-order valence-electron chi connectivity index (χ4n) is 1.21. The normalized spacial score (nSPS) is 10.1. The molecule has 7 heteroatoms. The number of fused-ring (bicyclic) bond motifs is 1. The van der Waals surface area contributed by atoms with E-state index in [1.165, 1.54) is 0 Å². The second-order valence-corrected chi connectivity index (χ2v) is 4.04. The number of benzene rings is 2. The average Bonchev–Trinajstić information content (AvgIpc) is 2.16. The number of aromatic hydroxyl groups is 1. The second kappa shape index (κ2) is 7.13. The minimum absolute atomic E-state index is 0. The first-order valence-corrected chi connectivity index (χ1v) is 5.89. The Hall–Kier alpha value is -0.390. The van der Waals surface area contributed by atoms with E-state index in [1.807, 2.05) is 36.4 Å². The van der Waals surface area contributed by atoms with E-state index in [4.69, 9.17) is 19.2 Å². The van der Waals surface area contributed by atoms with Crippen molar-refractivity contribution in [2.24, 2.45) is 0 Å². The molecule has 0 saturated heterocycles. The summed E-state index contributed by atoms with van der Waals surface area (Å²) in [5.74, 6) is 0.350. The van der Waals surface area contributed by atoms with Crippen molar-refractivity contribution in [3.63, 3.8) is 0 Å². The molecular weight excluding hydrogens is 254 g/mol. The summed E-state index contributed by atoms with van der Waals surface area (Å²) in [4.78, 5) is 21.6. The van der Waals surface area contributed by atoms with E-state index in [1.54, 1.807) is 6.07 Å².